The van der Waals surface area contributed by atoms with Crippen LogP contribution in [0.25, 0.3) is 0 Å². The van der Waals surface area contributed by atoms with Crippen molar-refractivity contribution >= 4 is 17.5 Å². The smallest absolute Gasteiger partial charge is 0.257 e. The molecule has 17 heavy (non-hydrogen) atoms. The zero-order chi connectivity index (χ0) is 12.3. The van der Waals surface area contributed by atoms with E-state index in [4.69, 9.17) is 5.84 Å². The Morgan fingerprint density at radius 2 is 2.24 bits per heavy atom. The number of carbonyl (C=O) groups excluding carboxylic acids is 1. The predicted molar refractivity (Wildman–Crippen MR) is 63.2 cm³/mol. The van der Waals surface area contributed by atoms with Crippen LogP contribution < -0.4 is 16.6 Å². The lowest BCUT2D eigenvalue weighted by Crippen LogP contribution is -2.14. The van der Waals surface area contributed by atoms with Gasteiger partial charge >= 0.3 is 0 Å². The fourth-order valence-electron chi connectivity index (χ4n) is 1.32. The van der Waals surface area contributed by atoms with Crippen molar-refractivity contribution in [2.75, 3.05) is 10.7 Å². The molecule has 0 aliphatic carbocycles. The molecule has 2 heterocycles. The maximum absolute atomic E-state index is 11.8. The first-order valence-electron chi connectivity index (χ1n) is 4.92. The lowest BCUT2D eigenvalue weighted by Gasteiger charge is -2.03. The number of pyridine rings is 1. The van der Waals surface area contributed by atoms with Crippen molar-refractivity contribution in [2.24, 2.45) is 12.9 Å². The average molecular weight is 232 g/mol. The number of nitrogens with zero attached hydrogens (tertiary/aromatic N) is 3. The maximum Gasteiger partial charge on any atom is 0.257 e. The summed E-state index contributed by atoms with van der Waals surface area (Å²) in [4.78, 5) is 15.8. The molecule has 0 aromatic carbocycles. The Morgan fingerprint density at radius 3 is 2.88 bits per heavy atom. The number of hydrazine groups is 1. The highest BCUT2D eigenvalue weighted by molar-refractivity contribution is 6.04. The van der Waals surface area contributed by atoms with Crippen LogP contribution in [0.4, 0.5) is 11.6 Å². The standard InChI is InChI=1S/C10H12N6O/c1-16-5-3-8(15-16)13-10(17)7-2-4-12-9(6-7)14-11/h2-6H,11H2,1H3,(H,12,14)(H,13,15,17). The van der Waals surface area contributed by atoms with Gasteiger partial charge in [0.05, 0.1) is 0 Å². The van der Waals surface area contributed by atoms with Gasteiger partial charge < -0.3 is 10.7 Å². The quantitative estimate of drug-likeness (QED) is 0.524. The van der Waals surface area contributed by atoms with Crippen LogP contribution in [-0.4, -0.2) is 20.7 Å². The fourth-order valence-corrected chi connectivity index (χ4v) is 1.32. The summed E-state index contributed by atoms with van der Waals surface area (Å²) < 4.78 is 1.61. The molecule has 2 rings (SSSR count). The molecule has 0 saturated carbocycles. The first-order valence-corrected chi connectivity index (χ1v) is 4.92. The molecule has 0 spiro atoms. The number of hydrogen-bond donors (Lipinski definition) is 3. The topological polar surface area (TPSA) is 97.9 Å². The summed E-state index contributed by atoms with van der Waals surface area (Å²) in [5.74, 6) is 5.88. The highest BCUT2D eigenvalue weighted by Crippen LogP contribution is 2.08. The van der Waals surface area contributed by atoms with Crippen LogP contribution in [0, 0.1) is 0 Å². The number of nitrogens with two attached hydrogens (primary N) is 1. The summed E-state index contributed by atoms with van der Waals surface area (Å²) in [7, 11) is 1.78. The van der Waals surface area contributed by atoms with Crippen LogP contribution >= 0.6 is 0 Å². The van der Waals surface area contributed by atoms with Gasteiger partial charge in [-0.1, -0.05) is 0 Å². The zero-order valence-corrected chi connectivity index (χ0v) is 9.21. The Morgan fingerprint density at radius 1 is 1.41 bits per heavy atom. The van der Waals surface area contributed by atoms with Gasteiger partial charge in [0.15, 0.2) is 5.82 Å². The van der Waals surface area contributed by atoms with Gasteiger partial charge in [-0.3, -0.25) is 9.48 Å². The Labute approximate surface area is 97.6 Å². The average Bonchev–Trinajstić information content (AvgIpc) is 2.75. The molecule has 1 amide bonds. The van der Waals surface area contributed by atoms with Crippen LogP contribution in [0.15, 0.2) is 30.6 Å². The number of aromatic nitrogens is 3. The van der Waals surface area contributed by atoms with Crippen molar-refractivity contribution in [3.05, 3.63) is 36.2 Å². The van der Waals surface area contributed by atoms with E-state index >= 15 is 0 Å². The predicted octanol–water partition coefficient (Wildman–Crippen LogP) is 0.353. The molecule has 0 bridgehead atoms. The molecule has 4 N–H and O–H groups in total. The van der Waals surface area contributed by atoms with Gasteiger partial charge in [0.25, 0.3) is 5.91 Å². The second-order valence-corrected chi connectivity index (χ2v) is 3.40. The molecule has 0 aliphatic rings. The summed E-state index contributed by atoms with van der Waals surface area (Å²) in [6, 6.07) is 4.86. The molecular weight excluding hydrogens is 220 g/mol. The van der Waals surface area contributed by atoms with Crippen LogP contribution in [0.5, 0.6) is 0 Å². The third-order valence-electron chi connectivity index (χ3n) is 2.13. The van der Waals surface area contributed by atoms with Gasteiger partial charge in [0.1, 0.15) is 5.82 Å². The van der Waals surface area contributed by atoms with Crippen LogP contribution in [0.1, 0.15) is 10.4 Å². The number of hydrogen-bond acceptors (Lipinski definition) is 5. The third-order valence-corrected chi connectivity index (χ3v) is 2.13. The number of anilines is 2. The van der Waals surface area contributed by atoms with Gasteiger partial charge in [-0.15, -0.1) is 0 Å². The Kier molecular flexibility index (Phi) is 3.01. The van der Waals surface area contributed by atoms with Crippen LogP contribution in [-0.2, 0) is 7.05 Å². The van der Waals surface area contributed by atoms with E-state index in [2.05, 4.69) is 20.8 Å². The van der Waals surface area contributed by atoms with Crippen molar-refractivity contribution in [1.82, 2.24) is 14.8 Å². The second-order valence-electron chi connectivity index (χ2n) is 3.40. The van der Waals surface area contributed by atoms with E-state index in [0.717, 1.165) is 0 Å². The minimum absolute atomic E-state index is 0.261. The molecule has 0 radical (unpaired) electrons. The Balaban J connectivity index is 2.14. The molecule has 0 saturated heterocycles. The number of carbonyl (C=O) groups is 1. The molecule has 7 heteroatoms. The molecule has 2 aromatic heterocycles. The minimum Gasteiger partial charge on any atom is -0.308 e. The normalized spacial score (nSPS) is 10.0. The summed E-state index contributed by atoms with van der Waals surface area (Å²) in [6.45, 7) is 0. The number of nitrogens with one attached hydrogen (secondary N) is 2. The molecule has 2 aromatic rings. The van der Waals surface area contributed by atoms with Gasteiger partial charge in [-0.05, 0) is 12.1 Å². The maximum atomic E-state index is 11.8. The molecule has 0 unspecified atom stereocenters. The summed E-state index contributed by atoms with van der Waals surface area (Å²) in [5, 5.41) is 6.71. The molecule has 0 fully saturated rings. The van der Waals surface area contributed by atoms with E-state index in [1.807, 2.05) is 0 Å². The van der Waals surface area contributed by atoms with Crippen LogP contribution in [0.2, 0.25) is 0 Å². The molecule has 0 aliphatic heterocycles. The van der Waals surface area contributed by atoms with Gasteiger partial charge in [0, 0.05) is 31.1 Å². The summed E-state index contributed by atoms with van der Waals surface area (Å²) >= 11 is 0. The summed E-state index contributed by atoms with van der Waals surface area (Å²) in [5.41, 5.74) is 2.84. The zero-order valence-electron chi connectivity index (χ0n) is 9.21. The number of aryl methyl sites for hydroxylation is 1. The van der Waals surface area contributed by atoms with Crippen molar-refractivity contribution in [1.29, 1.82) is 0 Å². The minimum atomic E-state index is -0.261. The second kappa shape index (κ2) is 4.62. The van der Waals surface area contributed by atoms with E-state index in [1.54, 1.807) is 36.1 Å². The fraction of sp³-hybridized carbons (Fsp3) is 0.100. The van der Waals surface area contributed by atoms with E-state index < -0.39 is 0 Å². The third kappa shape index (κ3) is 2.58. The van der Waals surface area contributed by atoms with Crippen molar-refractivity contribution in [3.63, 3.8) is 0 Å². The van der Waals surface area contributed by atoms with E-state index in [-0.39, 0.29) is 5.91 Å². The monoisotopic (exact) mass is 232 g/mol. The van der Waals surface area contributed by atoms with E-state index in [9.17, 15) is 4.79 Å². The number of nitrogen functional groups attached to an aromatic ring is 1. The number of rotatable bonds is 3. The molecule has 7 nitrogen and oxygen atoms in total. The molecule has 0 atom stereocenters. The number of amides is 1. The highest BCUT2D eigenvalue weighted by atomic mass is 16.1. The Hall–Kier alpha value is -2.41. The highest BCUT2D eigenvalue weighted by Gasteiger charge is 2.08. The first kappa shape index (κ1) is 11.1. The van der Waals surface area contributed by atoms with Gasteiger partial charge in [-0.25, -0.2) is 10.8 Å². The molecular formula is C10H12N6O. The SMILES string of the molecule is Cn1ccc(NC(=O)c2ccnc(NN)c2)n1. The van der Waals surface area contributed by atoms with Crippen molar-refractivity contribution in [3.8, 4) is 0 Å². The largest absolute Gasteiger partial charge is 0.308 e. The van der Waals surface area contributed by atoms with E-state index in [1.165, 1.54) is 6.20 Å². The lowest BCUT2D eigenvalue weighted by molar-refractivity contribution is 0.102. The molecule has 88 valence electrons. The first-order chi connectivity index (χ1) is 8.19. The van der Waals surface area contributed by atoms with E-state index in [0.29, 0.717) is 17.2 Å². The lowest BCUT2D eigenvalue weighted by atomic mass is 10.2. The Bertz CT molecular complexity index is 535. The van der Waals surface area contributed by atoms with Crippen molar-refractivity contribution in [2.45, 2.75) is 0 Å². The van der Waals surface area contributed by atoms with Gasteiger partial charge in [0.2, 0.25) is 0 Å². The summed E-state index contributed by atoms with van der Waals surface area (Å²) in [6.07, 6.45) is 3.25. The van der Waals surface area contributed by atoms with Gasteiger partial charge in [-0.2, -0.15) is 5.10 Å². The van der Waals surface area contributed by atoms with Crippen molar-refractivity contribution < 1.29 is 4.79 Å². The van der Waals surface area contributed by atoms with Crippen LogP contribution in [0.3, 0.4) is 0 Å².